The van der Waals surface area contributed by atoms with Gasteiger partial charge >= 0.3 is 5.97 Å². The van der Waals surface area contributed by atoms with Crippen LogP contribution in [0.3, 0.4) is 0 Å². The summed E-state index contributed by atoms with van der Waals surface area (Å²) in [6.45, 7) is 1.86. The van der Waals surface area contributed by atoms with Crippen LogP contribution >= 0.6 is 0 Å². The lowest BCUT2D eigenvalue weighted by atomic mass is 10.00. The highest BCUT2D eigenvalue weighted by Gasteiger charge is 2.21. The van der Waals surface area contributed by atoms with Crippen LogP contribution in [0.25, 0.3) is 0 Å². The highest BCUT2D eigenvalue weighted by atomic mass is 16.4. The zero-order valence-corrected chi connectivity index (χ0v) is 11.8. The zero-order chi connectivity index (χ0) is 15.4. The van der Waals surface area contributed by atoms with Gasteiger partial charge in [-0.25, -0.2) is 4.79 Å². The zero-order valence-electron chi connectivity index (χ0n) is 11.8. The summed E-state index contributed by atoms with van der Waals surface area (Å²) in [5.41, 5.74) is 2.02. The topological polar surface area (TPSA) is 95.5 Å². The molecular weight excluding hydrogens is 272 g/mol. The molecule has 0 saturated carbocycles. The van der Waals surface area contributed by atoms with Gasteiger partial charge in [0.1, 0.15) is 6.04 Å². The van der Waals surface area contributed by atoms with E-state index in [0.717, 1.165) is 5.56 Å². The Kier molecular flexibility index (Phi) is 4.57. The molecule has 112 valence electrons. The second-order valence-corrected chi connectivity index (χ2v) is 5.07. The fourth-order valence-electron chi connectivity index (χ4n) is 2.31. The van der Waals surface area contributed by atoms with Crippen LogP contribution in [-0.2, 0) is 16.0 Å². The molecule has 0 radical (unpaired) electrons. The molecule has 1 unspecified atom stereocenters. The van der Waals surface area contributed by atoms with E-state index in [0.29, 0.717) is 36.9 Å². The summed E-state index contributed by atoms with van der Waals surface area (Å²) < 4.78 is 0. The third-order valence-corrected chi connectivity index (χ3v) is 3.44. The summed E-state index contributed by atoms with van der Waals surface area (Å²) in [7, 11) is 0. The normalized spacial score (nSPS) is 14.8. The lowest BCUT2D eigenvalue weighted by Gasteiger charge is -2.18. The minimum atomic E-state index is -1.03. The molecular formula is C15H18N2O4. The highest BCUT2D eigenvalue weighted by Crippen LogP contribution is 2.23. The van der Waals surface area contributed by atoms with Crippen LogP contribution in [0.1, 0.15) is 42.1 Å². The van der Waals surface area contributed by atoms with Crippen LogP contribution in [0.4, 0.5) is 5.69 Å². The maximum absolute atomic E-state index is 12.1. The summed E-state index contributed by atoms with van der Waals surface area (Å²) >= 11 is 0. The van der Waals surface area contributed by atoms with Gasteiger partial charge in [-0.05, 0) is 36.6 Å². The molecule has 0 aromatic heterocycles. The number of aryl methyl sites for hydroxylation is 1. The smallest absolute Gasteiger partial charge is 0.326 e. The van der Waals surface area contributed by atoms with E-state index in [4.69, 9.17) is 5.11 Å². The van der Waals surface area contributed by atoms with Crippen molar-refractivity contribution in [2.45, 2.75) is 38.6 Å². The van der Waals surface area contributed by atoms with Crippen molar-refractivity contribution in [3.05, 3.63) is 29.3 Å². The number of aliphatic carboxylic acids is 1. The number of carboxylic acid groups (broad SMARTS) is 1. The van der Waals surface area contributed by atoms with Gasteiger partial charge in [-0.2, -0.15) is 0 Å². The maximum atomic E-state index is 12.1. The van der Waals surface area contributed by atoms with Crippen molar-refractivity contribution < 1.29 is 19.5 Å². The van der Waals surface area contributed by atoms with Gasteiger partial charge in [-0.3, -0.25) is 9.59 Å². The second-order valence-electron chi connectivity index (χ2n) is 5.07. The molecule has 0 saturated heterocycles. The van der Waals surface area contributed by atoms with Crippen molar-refractivity contribution >= 4 is 23.5 Å². The Labute approximate surface area is 122 Å². The van der Waals surface area contributed by atoms with Gasteiger partial charge in [-0.15, -0.1) is 0 Å². The van der Waals surface area contributed by atoms with Gasteiger partial charge in [0.05, 0.1) is 0 Å². The van der Waals surface area contributed by atoms with Crippen LogP contribution in [0.5, 0.6) is 0 Å². The van der Waals surface area contributed by atoms with E-state index in [1.165, 1.54) is 0 Å². The summed E-state index contributed by atoms with van der Waals surface area (Å²) in [4.78, 5) is 34.5. The molecule has 6 nitrogen and oxygen atoms in total. The fraction of sp³-hybridized carbons (Fsp3) is 0.400. The minimum Gasteiger partial charge on any atom is -0.480 e. The van der Waals surface area contributed by atoms with Gasteiger partial charge in [0.2, 0.25) is 5.91 Å². The van der Waals surface area contributed by atoms with E-state index in [1.807, 2.05) is 6.92 Å². The quantitative estimate of drug-likeness (QED) is 0.766. The van der Waals surface area contributed by atoms with E-state index in [1.54, 1.807) is 18.2 Å². The number of nitrogens with one attached hydrogen (secondary N) is 2. The lowest BCUT2D eigenvalue weighted by molar-refractivity contribution is -0.139. The summed E-state index contributed by atoms with van der Waals surface area (Å²) in [6, 6.07) is 4.09. The third-order valence-electron chi connectivity index (χ3n) is 3.44. The van der Waals surface area contributed by atoms with E-state index < -0.39 is 17.9 Å². The van der Waals surface area contributed by atoms with Gasteiger partial charge in [0.15, 0.2) is 0 Å². The van der Waals surface area contributed by atoms with Crippen molar-refractivity contribution in [3.63, 3.8) is 0 Å². The molecule has 6 heteroatoms. The van der Waals surface area contributed by atoms with Crippen molar-refractivity contribution in [2.75, 3.05) is 5.32 Å². The average molecular weight is 290 g/mol. The number of carbonyl (C=O) groups is 3. The Bertz CT molecular complexity index is 583. The first kappa shape index (κ1) is 15.0. The first-order chi connectivity index (χ1) is 10.0. The molecule has 0 fully saturated rings. The van der Waals surface area contributed by atoms with Gasteiger partial charge in [0.25, 0.3) is 5.91 Å². The monoisotopic (exact) mass is 290 g/mol. The minimum absolute atomic E-state index is 0.0337. The molecule has 2 amide bonds. The van der Waals surface area contributed by atoms with Crippen LogP contribution in [0, 0.1) is 0 Å². The molecule has 0 aliphatic carbocycles. The average Bonchev–Trinajstić information content (AvgIpc) is 2.45. The largest absolute Gasteiger partial charge is 0.480 e. The Morgan fingerprint density at radius 2 is 2.14 bits per heavy atom. The second kappa shape index (κ2) is 6.39. The number of anilines is 1. The van der Waals surface area contributed by atoms with Crippen LogP contribution in [-0.4, -0.2) is 28.9 Å². The van der Waals surface area contributed by atoms with Gasteiger partial charge in [0, 0.05) is 17.7 Å². The fourth-order valence-corrected chi connectivity index (χ4v) is 2.31. The van der Waals surface area contributed by atoms with Crippen molar-refractivity contribution in [1.29, 1.82) is 0 Å². The van der Waals surface area contributed by atoms with E-state index in [2.05, 4.69) is 10.6 Å². The molecule has 0 spiro atoms. The number of hydrogen-bond donors (Lipinski definition) is 3. The molecule has 0 bridgehead atoms. The van der Waals surface area contributed by atoms with Crippen LogP contribution in [0.2, 0.25) is 0 Å². The number of rotatable bonds is 5. The third kappa shape index (κ3) is 3.59. The molecule has 2 rings (SSSR count). The Hall–Kier alpha value is -2.37. The van der Waals surface area contributed by atoms with Gasteiger partial charge in [-0.1, -0.05) is 13.3 Å². The number of benzene rings is 1. The van der Waals surface area contributed by atoms with Crippen LogP contribution < -0.4 is 10.6 Å². The summed E-state index contributed by atoms with van der Waals surface area (Å²) in [6.07, 6.45) is 2.04. The molecule has 3 N–H and O–H groups in total. The number of carbonyl (C=O) groups excluding carboxylic acids is 2. The van der Waals surface area contributed by atoms with E-state index >= 15 is 0 Å². The van der Waals surface area contributed by atoms with Crippen molar-refractivity contribution in [3.8, 4) is 0 Å². The van der Waals surface area contributed by atoms with Crippen molar-refractivity contribution in [2.24, 2.45) is 0 Å². The highest BCUT2D eigenvalue weighted by molar-refractivity contribution is 5.99. The first-order valence-corrected chi connectivity index (χ1v) is 6.97. The predicted octanol–water partition coefficient (Wildman–Crippen LogP) is 1.55. The Morgan fingerprint density at radius 3 is 2.81 bits per heavy atom. The number of carboxylic acids is 1. The number of hydrogen-bond acceptors (Lipinski definition) is 3. The molecule has 1 aromatic carbocycles. The van der Waals surface area contributed by atoms with E-state index in [-0.39, 0.29) is 5.91 Å². The van der Waals surface area contributed by atoms with Crippen molar-refractivity contribution in [1.82, 2.24) is 5.32 Å². The Morgan fingerprint density at radius 1 is 1.38 bits per heavy atom. The van der Waals surface area contributed by atoms with Gasteiger partial charge < -0.3 is 15.7 Å². The molecule has 21 heavy (non-hydrogen) atoms. The summed E-state index contributed by atoms with van der Waals surface area (Å²) in [5, 5.41) is 14.3. The molecule has 1 atom stereocenters. The number of fused-ring (bicyclic) bond motifs is 1. The predicted molar refractivity (Wildman–Crippen MR) is 77.2 cm³/mol. The summed E-state index contributed by atoms with van der Waals surface area (Å²) in [5.74, 6) is -1.47. The van der Waals surface area contributed by atoms with Crippen LogP contribution in [0.15, 0.2) is 18.2 Å². The lowest BCUT2D eigenvalue weighted by Crippen LogP contribution is -2.40. The maximum Gasteiger partial charge on any atom is 0.326 e. The molecule has 1 aliphatic heterocycles. The SMILES string of the molecule is CCCC(NC(=O)c1ccc2c(c1)CCC(=O)N2)C(=O)O. The molecule has 1 aromatic rings. The molecule has 1 heterocycles. The Balaban J connectivity index is 2.13. The molecule has 1 aliphatic rings. The van der Waals surface area contributed by atoms with E-state index in [9.17, 15) is 14.4 Å². The standard InChI is InChI=1S/C15H18N2O4/c1-2-3-12(15(20)21)17-14(19)10-4-6-11-9(8-10)5-7-13(18)16-11/h4,6,8,12H,2-3,5,7H2,1H3,(H,16,18)(H,17,19)(H,20,21). The first-order valence-electron chi connectivity index (χ1n) is 6.97. The number of amides is 2.